The van der Waals surface area contributed by atoms with Crippen LogP contribution in [-0.2, 0) is 6.18 Å². The van der Waals surface area contributed by atoms with Crippen LogP contribution in [0, 0.1) is 11.8 Å². The van der Waals surface area contributed by atoms with Crippen molar-refractivity contribution in [3.63, 3.8) is 0 Å². The van der Waals surface area contributed by atoms with Gasteiger partial charge in [0, 0.05) is 16.7 Å². The van der Waals surface area contributed by atoms with Gasteiger partial charge >= 0.3 is 6.18 Å². The largest absolute Gasteiger partial charge is 0.418 e. The van der Waals surface area contributed by atoms with Gasteiger partial charge in [0.2, 0.25) is 0 Å². The summed E-state index contributed by atoms with van der Waals surface area (Å²) in [7, 11) is 0. The van der Waals surface area contributed by atoms with E-state index in [-0.39, 0.29) is 5.69 Å². The van der Waals surface area contributed by atoms with Crippen molar-refractivity contribution in [3.8, 4) is 0 Å². The summed E-state index contributed by atoms with van der Waals surface area (Å²) in [4.78, 5) is 0. The summed E-state index contributed by atoms with van der Waals surface area (Å²) in [6.45, 7) is 4.81. The molecule has 21 heavy (non-hydrogen) atoms. The maximum absolute atomic E-state index is 13.0. The van der Waals surface area contributed by atoms with Crippen molar-refractivity contribution in [2.75, 3.05) is 11.9 Å². The van der Waals surface area contributed by atoms with Crippen LogP contribution in [0.25, 0.3) is 0 Å². The van der Waals surface area contributed by atoms with Crippen LogP contribution in [0.3, 0.4) is 0 Å². The van der Waals surface area contributed by atoms with E-state index in [0.29, 0.717) is 22.9 Å². The van der Waals surface area contributed by atoms with Gasteiger partial charge in [0.25, 0.3) is 0 Å². The molecule has 1 aliphatic rings. The number of halogens is 4. The molecule has 0 saturated carbocycles. The molecule has 0 heterocycles. The first-order valence-corrected chi connectivity index (χ1v) is 7.83. The van der Waals surface area contributed by atoms with Gasteiger partial charge in [-0.1, -0.05) is 34.5 Å². The van der Waals surface area contributed by atoms with Crippen LogP contribution in [0.4, 0.5) is 18.9 Å². The molecule has 0 saturated heterocycles. The Morgan fingerprint density at radius 2 is 2.05 bits per heavy atom. The van der Waals surface area contributed by atoms with E-state index < -0.39 is 11.7 Å². The second-order valence-corrected chi connectivity index (χ2v) is 6.78. The van der Waals surface area contributed by atoms with Gasteiger partial charge in [-0.05, 0) is 49.8 Å². The molecule has 0 aliphatic heterocycles. The maximum Gasteiger partial charge on any atom is 0.418 e. The molecule has 0 spiro atoms. The van der Waals surface area contributed by atoms with Crippen molar-refractivity contribution in [3.05, 3.63) is 39.9 Å². The fraction of sp³-hybridized carbons (Fsp3) is 0.500. The molecule has 2 rings (SSSR count). The summed E-state index contributed by atoms with van der Waals surface area (Å²) in [6.07, 6.45) is -0.128. The van der Waals surface area contributed by atoms with Crippen molar-refractivity contribution in [1.82, 2.24) is 0 Å². The molecule has 1 nitrogen and oxygen atoms in total. The van der Waals surface area contributed by atoms with Crippen molar-refractivity contribution in [2.45, 2.75) is 32.9 Å². The zero-order valence-electron chi connectivity index (χ0n) is 12.1. The summed E-state index contributed by atoms with van der Waals surface area (Å²) in [5.41, 5.74) is 0.867. The second-order valence-electron chi connectivity index (χ2n) is 5.86. The lowest BCUT2D eigenvalue weighted by atomic mass is 9.83. The molecule has 1 N–H and O–H groups in total. The Hall–Kier alpha value is -0.970. The summed E-state index contributed by atoms with van der Waals surface area (Å²) in [5, 5.41) is 2.99. The average molecular weight is 362 g/mol. The molecule has 116 valence electrons. The van der Waals surface area contributed by atoms with Crippen LogP contribution in [-0.4, -0.2) is 6.54 Å². The molecular formula is C16H19BrF3N. The molecule has 1 aromatic carbocycles. The minimum Gasteiger partial charge on any atom is -0.384 e. The van der Waals surface area contributed by atoms with E-state index in [1.807, 2.05) is 0 Å². The number of hydrogen-bond donors (Lipinski definition) is 1. The lowest BCUT2D eigenvalue weighted by molar-refractivity contribution is -0.137. The molecule has 5 heteroatoms. The minimum absolute atomic E-state index is 0.158. The molecule has 0 radical (unpaired) electrons. The highest BCUT2D eigenvalue weighted by Gasteiger charge is 2.33. The fourth-order valence-corrected chi connectivity index (χ4v) is 3.36. The van der Waals surface area contributed by atoms with Gasteiger partial charge in [-0.25, -0.2) is 0 Å². The van der Waals surface area contributed by atoms with E-state index in [1.165, 1.54) is 11.6 Å². The van der Waals surface area contributed by atoms with E-state index in [9.17, 15) is 13.2 Å². The van der Waals surface area contributed by atoms with Crippen LogP contribution < -0.4 is 5.32 Å². The highest BCUT2D eigenvalue weighted by atomic mass is 79.9. The SMILES string of the molecule is CC1=CC(C)CC(CNc2ccc(Br)cc2C(F)(F)F)C1. The zero-order valence-corrected chi connectivity index (χ0v) is 13.7. The maximum atomic E-state index is 13.0. The number of alkyl halides is 3. The molecule has 2 unspecified atom stereocenters. The zero-order chi connectivity index (χ0) is 15.6. The quantitative estimate of drug-likeness (QED) is 0.663. The van der Waals surface area contributed by atoms with E-state index in [2.05, 4.69) is 41.2 Å². The molecule has 0 aromatic heterocycles. The first-order chi connectivity index (χ1) is 9.75. The van der Waals surface area contributed by atoms with Crippen molar-refractivity contribution in [1.29, 1.82) is 0 Å². The summed E-state index contributed by atoms with van der Waals surface area (Å²) in [6, 6.07) is 4.24. The van der Waals surface area contributed by atoms with Crippen LogP contribution >= 0.6 is 15.9 Å². The van der Waals surface area contributed by atoms with E-state index in [4.69, 9.17) is 0 Å². The fourth-order valence-electron chi connectivity index (χ4n) is 3.00. The molecule has 1 aromatic rings. The normalized spacial score (nSPS) is 22.9. The summed E-state index contributed by atoms with van der Waals surface area (Å²) >= 11 is 3.10. The third kappa shape index (κ3) is 4.50. The van der Waals surface area contributed by atoms with Crippen LogP contribution in [0.15, 0.2) is 34.3 Å². The Kier molecular flexibility index (Phi) is 5.02. The van der Waals surface area contributed by atoms with Gasteiger partial charge in [-0.15, -0.1) is 0 Å². The van der Waals surface area contributed by atoms with Crippen LogP contribution in [0.2, 0.25) is 0 Å². The Bertz CT molecular complexity index is 537. The van der Waals surface area contributed by atoms with Crippen LogP contribution in [0.1, 0.15) is 32.3 Å². The predicted octanol–water partition coefficient (Wildman–Crippen LogP) is 5.87. The van der Waals surface area contributed by atoms with Crippen molar-refractivity contribution in [2.24, 2.45) is 11.8 Å². The summed E-state index contributed by atoms with van der Waals surface area (Å²) in [5.74, 6) is 0.882. The molecule has 1 aliphatic carbocycles. The highest BCUT2D eigenvalue weighted by molar-refractivity contribution is 9.10. The average Bonchev–Trinajstić information content (AvgIpc) is 2.35. The standard InChI is InChI=1S/C16H19BrF3N/c1-10-5-11(2)7-12(6-10)9-21-15-4-3-13(17)8-14(15)16(18,19)20/h3-5,8,10,12,21H,6-7,9H2,1-2H3. The lowest BCUT2D eigenvalue weighted by Gasteiger charge is -2.26. The molecule has 0 fully saturated rings. The minimum atomic E-state index is -4.35. The Balaban J connectivity index is 2.09. The number of rotatable bonds is 3. The topological polar surface area (TPSA) is 12.0 Å². The van der Waals surface area contributed by atoms with Crippen molar-refractivity contribution < 1.29 is 13.2 Å². The molecular weight excluding hydrogens is 343 g/mol. The number of benzene rings is 1. The Morgan fingerprint density at radius 1 is 1.33 bits per heavy atom. The third-order valence-corrected chi connectivity index (χ3v) is 4.25. The smallest absolute Gasteiger partial charge is 0.384 e. The predicted molar refractivity (Wildman–Crippen MR) is 83.3 cm³/mol. The first kappa shape index (κ1) is 16.4. The van der Waals surface area contributed by atoms with E-state index >= 15 is 0 Å². The molecule has 2 atom stereocenters. The van der Waals surface area contributed by atoms with Gasteiger partial charge in [-0.3, -0.25) is 0 Å². The van der Waals surface area contributed by atoms with Gasteiger partial charge in [0.1, 0.15) is 0 Å². The number of hydrogen-bond acceptors (Lipinski definition) is 1. The molecule has 0 bridgehead atoms. The summed E-state index contributed by atoms with van der Waals surface area (Å²) < 4.78 is 39.6. The lowest BCUT2D eigenvalue weighted by Crippen LogP contribution is -2.21. The van der Waals surface area contributed by atoms with Gasteiger partial charge in [-0.2, -0.15) is 13.2 Å². The number of nitrogens with one attached hydrogen (secondary N) is 1. The Morgan fingerprint density at radius 3 is 2.67 bits per heavy atom. The van der Waals surface area contributed by atoms with Gasteiger partial charge in [0.15, 0.2) is 0 Å². The van der Waals surface area contributed by atoms with Gasteiger partial charge in [0.05, 0.1) is 5.56 Å². The second kappa shape index (κ2) is 6.42. The number of anilines is 1. The van der Waals surface area contributed by atoms with Crippen LogP contribution in [0.5, 0.6) is 0 Å². The monoisotopic (exact) mass is 361 g/mol. The van der Waals surface area contributed by atoms with Crippen molar-refractivity contribution >= 4 is 21.6 Å². The first-order valence-electron chi connectivity index (χ1n) is 7.03. The highest BCUT2D eigenvalue weighted by Crippen LogP contribution is 2.37. The third-order valence-electron chi connectivity index (χ3n) is 3.75. The Labute approximate surface area is 131 Å². The van der Waals surface area contributed by atoms with E-state index in [0.717, 1.165) is 18.9 Å². The number of allylic oxidation sites excluding steroid dienone is 2. The van der Waals surface area contributed by atoms with E-state index in [1.54, 1.807) is 6.07 Å². The molecule has 0 amide bonds. The van der Waals surface area contributed by atoms with Gasteiger partial charge < -0.3 is 5.32 Å².